The van der Waals surface area contributed by atoms with Crippen molar-refractivity contribution in [3.05, 3.63) is 0 Å². The molecule has 2 N–H and O–H groups in total. The Labute approximate surface area is 69.4 Å². The van der Waals surface area contributed by atoms with Crippen molar-refractivity contribution in [1.82, 2.24) is 0 Å². The van der Waals surface area contributed by atoms with E-state index in [1.54, 1.807) is 0 Å². The highest BCUT2D eigenvalue weighted by molar-refractivity contribution is 5.09. The van der Waals surface area contributed by atoms with Gasteiger partial charge in [0.25, 0.3) is 0 Å². The van der Waals surface area contributed by atoms with Gasteiger partial charge in [-0.2, -0.15) is 0 Å². The summed E-state index contributed by atoms with van der Waals surface area (Å²) < 4.78 is 0. The van der Waals surface area contributed by atoms with Gasteiger partial charge in [0.1, 0.15) is 0 Å². The first-order valence-electron chi connectivity index (χ1n) is 4.79. The van der Waals surface area contributed by atoms with Gasteiger partial charge in [0, 0.05) is 6.04 Å². The van der Waals surface area contributed by atoms with Gasteiger partial charge in [-0.1, -0.05) is 20.8 Å². The zero-order chi connectivity index (χ0) is 8.22. The Morgan fingerprint density at radius 3 is 2.27 bits per heavy atom. The molecule has 1 nitrogen and oxygen atoms in total. The van der Waals surface area contributed by atoms with Crippen LogP contribution in [0.3, 0.4) is 0 Å². The van der Waals surface area contributed by atoms with Crippen molar-refractivity contribution in [3.63, 3.8) is 0 Å². The van der Waals surface area contributed by atoms with Crippen LogP contribution in [-0.4, -0.2) is 6.04 Å². The van der Waals surface area contributed by atoms with Gasteiger partial charge in [-0.25, -0.2) is 0 Å². The van der Waals surface area contributed by atoms with Crippen LogP contribution < -0.4 is 5.73 Å². The first-order chi connectivity index (χ1) is 5.03. The molecule has 0 bridgehead atoms. The second kappa shape index (κ2) is 2.01. The Bertz CT molecular complexity index is 156. The molecule has 0 spiro atoms. The molecule has 0 aromatic rings. The Hall–Kier alpha value is -0.0400. The van der Waals surface area contributed by atoms with Crippen molar-refractivity contribution in [3.8, 4) is 0 Å². The molecule has 0 aliphatic heterocycles. The molecule has 2 aliphatic rings. The van der Waals surface area contributed by atoms with Crippen molar-refractivity contribution in [2.45, 2.75) is 39.7 Å². The normalized spacial score (nSPS) is 53.5. The van der Waals surface area contributed by atoms with Crippen LogP contribution in [-0.2, 0) is 0 Å². The van der Waals surface area contributed by atoms with E-state index >= 15 is 0 Å². The first-order valence-corrected chi connectivity index (χ1v) is 4.79. The van der Waals surface area contributed by atoms with Crippen LogP contribution in [0.1, 0.15) is 33.6 Å². The number of hydrogen-bond donors (Lipinski definition) is 1. The molecule has 11 heavy (non-hydrogen) atoms. The monoisotopic (exact) mass is 153 g/mol. The Morgan fingerprint density at radius 2 is 1.73 bits per heavy atom. The summed E-state index contributed by atoms with van der Waals surface area (Å²) >= 11 is 0. The van der Waals surface area contributed by atoms with Gasteiger partial charge in [-0.15, -0.1) is 0 Å². The average Bonchev–Trinajstić information content (AvgIpc) is 2.39. The molecule has 1 heteroatoms. The second-order valence-corrected chi connectivity index (χ2v) is 5.15. The standard InChI is InChI=1S/C10H19N/c1-6-4-7-8(5-9(6)11)10(7,2)3/h6-9H,4-5,11H2,1-3H3/t6-,7-,8-,9-/m0/s1. The molecule has 0 aromatic carbocycles. The highest BCUT2D eigenvalue weighted by Crippen LogP contribution is 2.65. The lowest BCUT2D eigenvalue weighted by Gasteiger charge is -2.23. The van der Waals surface area contributed by atoms with Gasteiger partial charge in [0.2, 0.25) is 0 Å². The van der Waals surface area contributed by atoms with Crippen molar-refractivity contribution in [1.29, 1.82) is 0 Å². The minimum absolute atomic E-state index is 0.484. The molecule has 0 heterocycles. The maximum absolute atomic E-state index is 6.02. The van der Waals surface area contributed by atoms with E-state index in [0.717, 1.165) is 17.8 Å². The van der Waals surface area contributed by atoms with Crippen LogP contribution in [0.25, 0.3) is 0 Å². The third-order valence-corrected chi connectivity index (χ3v) is 4.17. The number of fused-ring (bicyclic) bond motifs is 1. The molecule has 2 rings (SSSR count). The molecule has 2 saturated carbocycles. The fourth-order valence-corrected chi connectivity index (χ4v) is 2.89. The first kappa shape index (κ1) is 7.60. The smallest absolute Gasteiger partial charge is 0.00675 e. The third kappa shape index (κ3) is 0.936. The zero-order valence-electron chi connectivity index (χ0n) is 7.80. The molecule has 2 fully saturated rings. The molecular weight excluding hydrogens is 134 g/mol. The van der Waals surface area contributed by atoms with Crippen molar-refractivity contribution in [2.75, 3.05) is 0 Å². The lowest BCUT2D eigenvalue weighted by atomic mass is 9.87. The minimum Gasteiger partial charge on any atom is -0.327 e. The second-order valence-electron chi connectivity index (χ2n) is 5.15. The molecule has 2 aliphatic carbocycles. The average molecular weight is 153 g/mol. The molecule has 0 unspecified atom stereocenters. The lowest BCUT2D eigenvalue weighted by Crippen LogP contribution is -2.32. The van der Waals surface area contributed by atoms with E-state index in [9.17, 15) is 0 Å². The number of rotatable bonds is 0. The highest BCUT2D eigenvalue weighted by Gasteiger charge is 2.59. The van der Waals surface area contributed by atoms with Crippen LogP contribution in [0.15, 0.2) is 0 Å². The van der Waals surface area contributed by atoms with E-state index in [4.69, 9.17) is 5.73 Å². The van der Waals surface area contributed by atoms with E-state index in [2.05, 4.69) is 20.8 Å². The predicted octanol–water partition coefficient (Wildman–Crippen LogP) is 2.02. The summed E-state index contributed by atoms with van der Waals surface area (Å²) in [6.07, 6.45) is 2.65. The van der Waals surface area contributed by atoms with Gasteiger partial charge in [0.05, 0.1) is 0 Å². The Balaban J connectivity index is 2.07. The third-order valence-electron chi connectivity index (χ3n) is 4.17. The molecule has 0 saturated heterocycles. The van der Waals surface area contributed by atoms with Crippen LogP contribution in [0.5, 0.6) is 0 Å². The largest absolute Gasteiger partial charge is 0.327 e. The Morgan fingerprint density at radius 1 is 1.18 bits per heavy atom. The topological polar surface area (TPSA) is 26.0 Å². The maximum Gasteiger partial charge on any atom is 0.00675 e. The molecule has 0 amide bonds. The summed E-state index contributed by atoms with van der Waals surface area (Å²) in [7, 11) is 0. The minimum atomic E-state index is 0.484. The number of nitrogens with two attached hydrogens (primary N) is 1. The SMILES string of the molecule is C[C@H]1C[C@H]2[C@H](C[C@@H]1N)C2(C)C. The van der Waals surface area contributed by atoms with E-state index in [1.165, 1.54) is 12.8 Å². The van der Waals surface area contributed by atoms with Gasteiger partial charge in [0.15, 0.2) is 0 Å². The van der Waals surface area contributed by atoms with Gasteiger partial charge in [-0.3, -0.25) is 0 Å². The van der Waals surface area contributed by atoms with Crippen LogP contribution >= 0.6 is 0 Å². The lowest BCUT2D eigenvalue weighted by molar-refractivity contribution is 0.317. The fraction of sp³-hybridized carbons (Fsp3) is 1.00. The maximum atomic E-state index is 6.02. The predicted molar refractivity (Wildman–Crippen MR) is 47.1 cm³/mol. The zero-order valence-corrected chi connectivity index (χ0v) is 7.80. The van der Waals surface area contributed by atoms with Gasteiger partial charge >= 0.3 is 0 Å². The number of hydrogen-bond acceptors (Lipinski definition) is 1. The van der Waals surface area contributed by atoms with Crippen molar-refractivity contribution < 1.29 is 0 Å². The van der Waals surface area contributed by atoms with E-state index in [0.29, 0.717) is 11.5 Å². The molecular formula is C10H19N. The molecule has 0 aromatic heterocycles. The molecule has 0 radical (unpaired) electrons. The van der Waals surface area contributed by atoms with Crippen molar-refractivity contribution >= 4 is 0 Å². The summed E-state index contributed by atoms with van der Waals surface area (Å²) in [5.41, 5.74) is 6.64. The van der Waals surface area contributed by atoms with E-state index < -0.39 is 0 Å². The summed E-state index contributed by atoms with van der Waals surface area (Å²) in [6.45, 7) is 7.09. The van der Waals surface area contributed by atoms with Crippen LogP contribution in [0.2, 0.25) is 0 Å². The summed E-state index contributed by atoms with van der Waals surface area (Å²) in [4.78, 5) is 0. The molecule has 4 atom stereocenters. The van der Waals surface area contributed by atoms with Gasteiger partial charge < -0.3 is 5.73 Å². The molecule has 64 valence electrons. The van der Waals surface area contributed by atoms with Crippen molar-refractivity contribution in [2.24, 2.45) is 28.9 Å². The van der Waals surface area contributed by atoms with E-state index in [-0.39, 0.29) is 0 Å². The Kier molecular flexibility index (Phi) is 1.39. The summed E-state index contributed by atoms with van der Waals surface area (Å²) in [5, 5.41) is 0. The van der Waals surface area contributed by atoms with E-state index in [1.807, 2.05) is 0 Å². The van der Waals surface area contributed by atoms with Gasteiger partial charge in [-0.05, 0) is 36.0 Å². The summed E-state index contributed by atoms with van der Waals surface area (Å²) in [5.74, 6) is 2.71. The fourth-order valence-electron chi connectivity index (χ4n) is 2.89. The van der Waals surface area contributed by atoms with Crippen LogP contribution in [0.4, 0.5) is 0 Å². The summed E-state index contributed by atoms with van der Waals surface area (Å²) in [6, 6.07) is 0.484. The van der Waals surface area contributed by atoms with Crippen LogP contribution in [0, 0.1) is 23.2 Å². The highest BCUT2D eigenvalue weighted by atomic mass is 14.7. The quantitative estimate of drug-likeness (QED) is 0.566.